The lowest BCUT2D eigenvalue weighted by Gasteiger charge is -2.38. The molecular weight excluding hydrogens is 544 g/mol. The molecule has 2 aromatic rings. The Morgan fingerprint density at radius 2 is 1.95 bits per heavy atom. The van der Waals surface area contributed by atoms with Crippen LogP contribution in [0.3, 0.4) is 0 Å². The predicted octanol–water partition coefficient (Wildman–Crippen LogP) is 4.85. The van der Waals surface area contributed by atoms with Gasteiger partial charge in [-0.3, -0.25) is 9.48 Å². The highest BCUT2D eigenvalue weighted by Crippen LogP contribution is 2.63. The summed E-state index contributed by atoms with van der Waals surface area (Å²) in [7, 11) is 0. The molecule has 9 heteroatoms. The Morgan fingerprint density at radius 1 is 1.27 bits per heavy atom. The van der Waals surface area contributed by atoms with Crippen LogP contribution < -0.4 is 0 Å². The molecule has 41 heavy (non-hydrogen) atoms. The molecule has 1 saturated heterocycles. The van der Waals surface area contributed by atoms with Crippen molar-refractivity contribution in [2.75, 3.05) is 6.61 Å². The molecule has 8 atom stereocenters. The fraction of sp³-hybridized carbons (Fsp3) is 0.594. The first kappa shape index (κ1) is 28.6. The highest BCUT2D eigenvalue weighted by molar-refractivity contribution is 6.30. The van der Waals surface area contributed by atoms with E-state index in [1.54, 1.807) is 42.1 Å². The summed E-state index contributed by atoms with van der Waals surface area (Å²) >= 11 is 6.10. The number of aromatic nitrogens is 2. The highest BCUT2D eigenvalue weighted by atomic mass is 35.5. The summed E-state index contributed by atoms with van der Waals surface area (Å²) in [6.45, 7) is 10.8. The molecule has 2 heterocycles. The van der Waals surface area contributed by atoms with Gasteiger partial charge in [-0.1, -0.05) is 50.6 Å². The Balaban J connectivity index is 1.42. The molecule has 3 fully saturated rings. The van der Waals surface area contributed by atoms with Crippen molar-refractivity contribution in [2.45, 2.75) is 83.8 Å². The molecule has 8 nitrogen and oxygen atoms in total. The third-order valence-corrected chi connectivity index (χ3v) is 10.6. The van der Waals surface area contributed by atoms with Crippen LogP contribution in [-0.4, -0.2) is 61.8 Å². The Labute approximate surface area is 245 Å². The number of rotatable bonds is 4. The molecule has 1 aromatic heterocycles. The van der Waals surface area contributed by atoms with E-state index in [9.17, 15) is 19.8 Å². The average Bonchev–Trinajstić information content (AvgIpc) is 3.71. The zero-order valence-electron chi connectivity index (χ0n) is 24.3. The Hall–Kier alpha value is -2.52. The van der Waals surface area contributed by atoms with Gasteiger partial charge < -0.3 is 19.7 Å². The normalized spacial score (nSPS) is 38.8. The second-order valence-electron chi connectivity index (χ2n) is 13.2. The Bertz CT molecular complexity index is 1410. The Morgan fingerprint density at radius 3 is 2.59 bits per heavy atom. The van der Waals surface area contributed by atoms with E-state index >= 15 is 0 Å². The van der Waals surface area contributed by atoms with Crippen LogP contribution in [-0.2, 0) is 20.8 Å². The monoisotopic (exact) mass is 582 g/mol. The molecular formula is C32H39ClN2O6. The first-order valence-corrected chi connectivity index (χ1v) is 15.0. The minimum absolute atomic E-state index is 0.0235. The molecule has 1 aromatic carbocycles. The molecule has 1 aliphatic heterocycles. The predicted molar refractivity (Wildman–Crippen MR) is 153 cm³/mol. The van der Waals surface area contributed by atoms with Gasteiger partial charge in [-0.2, -0.15) is 5.10 Å². The van der Waals surface area contributed by atoms with Gasteiger partial charge in [0.05, 0.1) is 18.6 Å². The number of carbonyl (C=O) groups excluding carboxylic acids is 2. The number of nitrogens with zero attached hydrogens (tertiary/aromatic N) is 2. The van der Waals surface area contributed by atoms with E-state index in [4.69, 9.17) is 21.1 Å². The number of hydrogen-bond donors (Lipinski definition) is 2. The number of ether oxygens (including phenoxy) is 2. The quantitative estimate of drug-likeness (QED) is 0.391. The number of carbonyl (C=O) groups is 2. The zero-order chi connectivity index (χ0) is 29.5. The van der Waals surface area contributed by atoms with Crippen molar-refractivity contribution in [1.29, 1.82) is 0 Å². The molecule has 3 aliphatic carbocycles. The lowest BCUT2D eigenvalue weighted by molar-refractivity contribution is -0.151. The van der Waals surface area contributed by atoms with Crippen LogP contribution in [0.15, 0.2) is 42.1 Å². The third kappa shape index (κ3) is 4.58. The zero-order valence-corrected chi connectivity index (χ0v) is 25.0. The van der Waals surface area contributed by atoms with Gasteiger partial charge in [-0.15, -0.1) is 0 Å². The van der Waals surface area contributed by atoms with E-state index in [0.717, 1.165) is 6.42 Å². The minimum atomic E-state index is -1.89. The van der Waals surface area contributed by atoms with Crippen LogP contribution in [0.2, 0.25) is 5.02 Å². The second kappa shape index (κ2) is 9.76. The number of epoxide rings is 1. The van der Waals surface area contributed by atoms with Crippen LogP contribution >= 0.6 is 11.6 Å². The number of halogens is 1. The van der Waals surface area contributed by atoms with Crippen molar-refractivity contribution >= 4 is 23.4 Å². The Kier molecular flexibility index (Phi) is 6.81. The van der Waals surface area contributed by atoms with Gasteiger partial charge in [0.25, 0.3) is 0 Å². The van der Waals surface area contributed by atoms with Gasteiger partial charge >= 0.3 is 5.97 Å². The van der Waals surface area contributed by atoms with Crippen molar-refractivity contribution in [3.05, 3.63) is 52.7 Å². The molecule has 0 bridgehead atoms. The summed E-state index contributed by atoms with van der Waals surface area (Å²) in [4.78, 5) is 28.0. The number of Topliss-reactive ketones (excluding diaryl/α,β-unsaturated/α-hetero) is 1. The van der Waals surface area contributed by atoms with E-state index in [2.05, 4.69) is 18.9 Å². The average molecular weight is 583 g/mol. The van der Waals surface area contributed by atoms with Gasteiger partial charge in [-0.25, -0.2) is 4.79 Å². The number of aliphatic hydroxyl groups is 2. The lowest BCUT2D eigenvalue weighted by atomic mass is 9.74. The van der Waals surface area contributed by atoms with Gasteiger partial charge in [0.2, 0.25) is 0 Å². The van der Waals surface area contributed by atoms with E-state index in [1.807, 2.05) is 19.9 Å². The maximum absolute atomic E-state index is 14.0. The van der Waals surface area contributed by atoms with Crippen molar-refractivity contribution in [3.63, 3.8) is 0 Å². The van der Waals surface area contributed by atoms with E-state index in [-0.39, 0.29) is 29.2 Å². The summed E-state index contributed by atoms with van der Waals surface area (Å²) < 4.78 is 14.1. The first-order chi connectivity index (χ1) is 19.3. The van der Waals surface area contributed by atoms with Crippen LogP contribution in [0, 0.1) is 29.1 Å². The lowest BCUT2D eigenvalue weighted by Crippen LogP contribution is -2.56. The van der Waals surface area contributed by atoms with Gasteiger partial charge in [0.15, 0.2) is 5.78 Å². The van der Waals surface area contributed by atoms with Crippen molar-refractivity contribution in [2.24, 2.45) is 29.1 Å². The minimum Gasteiger partial charge on any atom is -0.455 e. The molecule has 4 aliphatic rings. The van der Waals surface area contributed by atoms with E-state index < -0.39 is 41.1 Å². The van der Waals surface area contributed by atoms with Gasteiger partial charge in [-0.05, 0) is 74.0 Å². The summed E-state index contributed by atoms with van der Waals surface area (Å²) in [5.74, 6) is -1.90. The van der Waals surface area contributed by atoms with E-state index in [0.29, 0.717) is 47.3 Å². The highest BCUT2D eigenvalue weighted by Gasteiger charge is 2.68. The molecule has 0 amide bonds. The summed E-state index contributed by atoms with van der Waals surface area (Å²) in [5, 5.41) is 28.8. The number of hydrogen-bond acceptors (Lipinski definition) is 7. The number of esters is 1. The largest absolute Gasteiger partial charge is 0.455 e. The smallest absolute Gasteiger partial charge is 0.342 e. The number of fused-ring (bicyclic) bond motifs is 2. The fourth-order valence-corrected chi connectivity index (χ4v) is 7.72. The van der Waals surface area contributed by atoms with Gasteiger partial charge in [0.1, 0.15) is 28.6 Å². The van der Waals surface area contributed by atoms with Crippen LogP contribution in [0.25, 0.3) is 11.3 Å². The van der Waals surface area contributed by atoms with Crippen LogP contribution in [0.4, 0.5) is 0 Å². The molecule has 1 spiro atoms. The molecule has 6 rings (SSSR count). The molecule has 0 unspecified atom stereocenters. The number of ketones is 1. The number of aryl methyl sites for hydroxylation is 1. The summed E-state index contributed by atoms with van der Waals surface area (Å²) in [5.41, 5.74) is -0.853. The number of aliphatic hydroxyl groups excluding tert-OH is 1. The molecule has 2 N–H and O–H groups in total. The summed E-state index contributed by atoms with van der Waals surface area (Å²) in [6.07, 6.45) is 3.06. The summed E-state index contributed by atoms with van der Waals surface area (Å²) in [6, 6.07) is 7.06. The maximum Gasteiger partial charge on any atom is 0.342 e. The molecule has 220 valence electrons. The standard InChI is InChI=1S/C32H39ClN2O6/c1-6-35-15-21(25(34-35)19-7-9-20(33)10-8-19)29(38)41-28-24-26(36)18(3)14-32(24,39)27(37)17(2)13-23-22(30(23,4)5)11-12-31(28)16-40-31/h7-10,13,15,18,22-24,26,28,36,39H,6,11-12,14,16H2,1-5H3/b17-13+/t18-,22-,23+,24+,26-,28+,31-,32+/m0/s1. The number of allylic oxidation sites excluding steroid dienone is 1. The van der Waals surface area contributed by atoms with Gasteiger partial charge in [0, 0.05) is 23.3 Å². The van der Waals surface area contributed by atoms with Crippen molar-refractivity contribution in [3.8, 4) is 11.3 Å². The first-order valence-electron chi connectivity index (χ1n) is 14.6. The third-order valence-electron chi connectivity index (χ3n) is 10.4. The van der Waals surface area contributed by atoms with Crippen molar-refractivity contribution in [1.82, 2.24) is 9.78 Å². The number of benzene rings is 1. The fourth-order valence-electron chi connectivity index (χ4n) is 7.60. The van der Waals surface area contributed by atoms with E-state index in [1.165, 1.54) is 0 Å². The maximum atomic E-state index is 14.0. The van der Waals surface area contributed by atoms with Crippen LogP contribution in [0.1, 0.15) is 64.2 Å². The SMILES string of the molecule is CCn1cc(C(=O)O[C@@H]2[C@H]3[C@@H](O)[C@@H](C)C[C@]3(O)C(=O)/C(C)=C/[C@@H]3[C@H](CC[C@]24CO4)C3(C)C)c(-c2ccc(Cl)cc2)n1. The van der Waals surface area contributed by atoms with Crippen LogP contribution in [0.5, 0.6) is 0 Å². The second-order valence-corrected chi connectivity index (χ2v) is 13.7. The topological polar surface area (TPSA) is 114 Å². The molecule has 2 saturated carbocycles. The molecule has 0 radical (unpaired) electrons. The van der Waals surface area contributed by atoms with Crippen molar-refractivity contribution < 1.29 is 29.3 Å².